The smallest absolute Gasteiger partial charge is 0.225 e. The van der Waals surface area contributed by atoms with Crippen LogP contribution in [0.1, 0.15) is 24.0 Å². The molecule has 2 aromatic carbocycles. The first-order chi connectivity index (χ1) is 13.2. The van der Waals surface area contributed by atoms with Gasteiger partial charge in [-0.25, -0.2) is 8.42 Å². The predicted octanol–water partition coefficient (Wildman–Crippen LogP) is 3.54. The fourth-order valence-electron chi connectivity index (χ4n) is 3.01. The summed E-state index contributed by atoms with van der Waals surface area (Å²) >= 11 is 1.51. The van der Waals surface area contributed by atoms with Gasteiger partial charge >= 0.3 is 0 Å². The van der Waals surface area contributed by atoms with Crippen LogP contribution in [-0.4, -0.2) is 31.7 Å². The molecule has 148 valence electrons. The van der Waals surface area contributed by atoms with Crippen LogP contribution in [0.4, 0.5) is 11.4 Å². The van der Waals surface area contributed by atoms with Crippen LogP contribution in [0.15, 0.2) is 46.2 Å². The first-order valence-corrected chi connectivity index (χ1v) is 11.5. The van der Waals surface area contributed by atoms with E-state index >= 15 is 0 Å². The monoisotopic (exact) mass is 418 g/mol. The standard InChI is InChI=1S/C20H22N2O4S2/c1-13-9-14(2)11-15(10-13)21-20(24)6-8-28(25,26)16-3-4-18-17(12-16)22-19(23)5-7-27-18/h3-4,9-12H,5-8H2,1-2H3,(H,21,24)(H,22,23). The average Bonchev–Trinajstić information content (AvgIpc) is 2.79. The van der Waals surface area contributed by atoms with Crippen molar-refractivity contribution < 1.29 is 18.0 Å². The van der Waals surface area contributed by atoms with Gasteiger partial charge in [-0.3, -0.25) is 9.59 Å². The maximum Gasteiger partial charge on any atom is 0.225 e. The van der Waals surface area contributed by atoms with Crippen LogP contribution >= 0.6 is 11.8 Å². The third kappa shape index (κ3) is 5.14. The molecule has 1 aliphatic heterocycles. The van der Waals surface area contributed by atoms with Crippen molar-refractivity contribution in [2.45, 2.75) is 36.5 Å². The van der Waals surface area contributed by atoms with Crippen LogP contribution in [0.5, 0.6) is 0 Å². The Hall–Kier alpha value is -2.32. The Balaban J connectivity index is 1.68. The van der Waals surface area contributed by atoms with E-state index in [0.717, 1.165) is 16.0 Å². The number of carbonyl (C=O) groups is 2. The second-order valence-electron chi connectivity index (χ2n) is 6.80. The van der Waals surface area contributed by atoms with Crippen molar-refractivity contribution in [2.24, 2.45) is 0 Å². The zero-order chi connectivity index (χ0) is 20.3. The lowest BCUT2D eigenvalue weighted by Crippen LogP contribution is -2.18. The van der Waals surface area contributed by atoms with Crippen LogP contribution in [-0.2, 0) is 19.4 Å². The van der Waals surface area contributed by atoms with Gasteiger partial charge in [0.1, 0.15) is 0 Å². The molecule has 1 heterocycles. The second-order valence-corrected chi connectivity index (χ2v) is 10.0. The van der Waals surface area contributed by atoms with Crippen molar-refractivity contribution in [3.8, 4) is 0 Å². The number of carbonyl (C=O) groups excluding carboxylic acids is 2. The molecule has 0 fully saturated rings. The number of aryl methyl sites for hydroxylation is 2. The number of thioether (sulfide) groups is 1. The van der Waals surface area contributed by atoms with Gasteiger partial charge in [0.25, 0.3) is 0 Å². The van der Waals surface area contributed by atoms with Crippen molar-refractivity contribution in [3.05, 3.63) is 47.5 Å². The quantitative estimate of drug-likeness (QED) is 0.775. The van der Waals surface area contributed by atoms with Crippen molar-refractivity contribution in [3.63, 3.8) is 0 Å². The van der Waals surface area contributed by atoms with Crippen LogP contribution in [0.3, 0.4) is 0 Å². The Labute approximate surface area is 169 Å². The molecule has 0 saturated carbocycles. The van der Waals surface area contributed by atoms with E-state index in [4.69, 9.17) is 0 Å². The highest BCUT2D eigenvalue weighted by atomic mass is 32.2. The number of anilines is 2. The van der Waals surface area contributed by atoms with E-state index < -0.39 is 9.84 Å². The summed E-state index contributed by atoms with van der Waals surface area (Å²) in [7, 11) is -3.65. The van der Waals surface area contributed by atoms with Gasteiger partial charge in [-0.1, -0.05) is 6.07 Å². The zero-order valence-electron chi connectivity index (χ0n) is 15.7. The van der Waals surface area contributed by atoms with Crippen LogP contribution in [0.2, 0.25) is 0 Å². The van der Waals surface area contributed by atoms with E-state index in [9.17, 15) is 18.0 Å². The largest absolute Gasteiger partial charge is 0.326 e. The highest BCUT2D eigenvalue weighted by molar-refractivity contribution is 7.99. The zero-order valence-corrected chi connectivity index (χ0v) is 17.4. The minimum absolute atomic E-state index is 0.105. The molecule has 2 aromatic rings. The number of sulfone groups is 1. The topological polar surface area (TPSA) is 92.3 Å². The molecule has 2 N–H and O–H groups in total. The predicted molar refractivity (Wildman–Crippen MR) is 112 cm³/mol. The van der Waals surface area contributed by atoms with Crippen LogP contribution < -0.4 is 10.6 Å². The summed E-state index contributed by atoms with van der Waals surface area (Å²) in [4.78, 5) is 24.9. The maximum absolute atomic E-state index is 12.7. The molecule has 1 aliphatic rings. The average molecular weight is 419 g/mol. The number of hydrogen-bond acceptors (Lipinski definition) is 5. The van der Waals surface area contributed by atoms with Gasteiger partial charge in [0.2, 0.25) is 11.8 Å². The first-order valence-electron chi connectivity index (χ1n) is 8.90. The molecular formula is C20H22N2O4S2. The van der Waals surface area contributed by atoms with Crippen molar-refractivity contribution in [1.29, 1.82) is 0 Å². The minimum Gasteiger partial charge on any atom is -0.326 e. The van der Waals surface area contributed by atoms with Crippen molar-refractivity contribution in [1.82, 2.24) is 0 Å². The highest BCUT2D eigenvalue weighted by Crippen LogP contribution is 2.33. The molecule has 0 bridgehead atoms. The molecule has 28 heavy (non-hydrogen) atoms. The van der Waals surface area contributed by atoms with Gasteiger partial charge in [0, 0.05) is 29.2 Å². The van der Waals surface area contributed by atoms with Gasteiger partial charge in [-0.2, -0.15) is 0 Å². The summed E-state index contributed by atoms with van der Waals surface area (Å²) in [5, 5.41) is 5.49. The lowest BCUT2D eigenvalue weighted by atomic mass is 10.1. The minimum atomic E-state index is -3.65. The number of benzene rings is 2. The maximum atomic E-state index is 12.7. The Morgan fingerprint density at radius 2 is 1.86 bits per heavy atom. The highest BCUT2D eigenvalue weighted by Gasteiger charge is 2.20. The van der Waals surface area contributed by atoms with Crippen LogP contribution in [0, 0.1) is 13.8 Å². The van der Waals surface area contributed by atoms with E-state index in [1.165, 1.54) is 23.9 Å². The SMILES string of the molecule is Cc1cc(C)cc(NC(=O)CCS(=O)(=O)c2ccc3c(c2)NC(=O)CCS3)c1. The molecule has 0 radical (unpaired) electrons. The molecule has 2 amide bonds. The Bertz CT molecular complexity index is 1010. The van der Waals surface area contributed by atoms with Crippen molar-refractivity contribution in [2.75, 3.05) is 22.1 Å². The summed E-state index contributed by atoms with van der Waals surface area (Å²) < 4.78 is 25.3. The second kappa shape index (κ2) is 8.36. The van der Waals surface area contributed by atoms with Gasteiger partial charge < -0.3 is 10.6 Å². The fraction of sp³-hybridized carbons (Fsp3) is 0.300. The molecule has 0 atom stereocenters. The molecular weight excluding hydrogens is 396 g/mol. The van der Waals surface area contributed by atoms with E-state index in [-0.39, 0.29) is 28.9 Å². The van der Waals surface area contributed by atoms with Gasteiger partial charge in [0.05, 0.1) is 16.3 Å². The van der Waals surface area contributed by atoms with E-state index in [1.807, 2.05) is 32.0 Å². The first kappa shape index (κ1) is 20.4. The summed E-state index contributed by atoms with van der Waals surface area (Å²) in [6.07, 6.45) is 0.244. The molecule has 3 rings (SSSR count). The Morgan fingerprint density at radius 1 is 1.14 bits per heavy atom. The van der Waals surface area contributed by atoms with Gasteiger partial charge in [-0.15, -0.1) is 11.8 Å². The lowest BCUT2D eigenvalue weighted by Gasteiger charge is -2.10. The molecule has 0 aromatic heterocycles. The summed E-state index contributed by atoms with van der Waals surface area (Å²) in [5.74, 6) is -0.131. The van der Waals surface area contributed by atoms with Crippen LogP contribution in [0.25, 0.3) is 0 Å². The van der Waals surface area contributed by atoms with E-state index in [0.29, 0.717) is 23.5 Å². The summed E-state index contributed by atoms with van der Waals surface area (Å²) in [6, 6.07) is 10.4. The molecule has 6 nitrogen and oxygen atoms in total. The van der Waals surface area contributed by atoms with E-state index in [1.54, 1.807) is 6.07 Å². The number of amides is 2. The number of rotatable bonds is 5. The molecule has 0 saturated heterocycles. The Morgan fingerprint density at radius 3 is 2.57 bits per heavy atom. The lowest BCUT2D eigenvalue weighted by molar-refractivity contribution is -0.116. The third-order valence-corrected chi connectivity index (χ3v) is 7.06. The fourth-order valence-corrected chi connectivity index (χ4v) is 5.21. The molecule has 0 unspecified atom stereocenters. The Kier molecular flexibility index (Phi) is 6.10. The molecule has 0 spiro atoms. The normalized spacial score (nSPS) is 14.0. The number of hydrogen-bond donors (Lipinski definition) is 2. The van der Waals surface area contributed by atoms with Gasteiger partial charge in [0.15, 0.2) is 9.84 Å². The number of nitrogens with one attached hydrogen (secondary N) is 2. The summed E-state index contributed by atoms with van der Waals surface area (Å²) in [6.45, 7) is 3.87. The number of fused-ring (bicyclic) bond motifs is 1. The summed E-state index contributed by atoms with van der Waals surface area (Å²) in [5.41, 5.74) is 3.21. The third-order valence-electron chi connectivity index (χ3n) is 4.27. The van der Waals surface area contributed by atoms with E-state index in [2.05, 4.69) is 10.6 Å². The van der Waals surface area contributed by atoms with Gasteiger partial charge in [-0.05, 0) is 55.3 Å². The van der Waals surface area contributed by atoms with Crippen molar-refractivity contribution >= 4 is 44.8 Å². The molecule has 8 heteroatoms. The molecule has 0 aliphatic carbocycles.